The number of methoxy groups -OCH3 is 1. The second kappa shape index (κ2) is 13.7. The van der Waals surface area contributed by atoms with Crippen LogP contribution in [0.5, 0.6) is 0 Å². The molecule has 1 aliphatic heterocycles. The summed E-state index contributed by atoms with van der Waals surface area (Å²) in [4.78, 5) is 1.82. The Morgan fingerprint density at radius 1 is 0.743 bits per heavy atom. The standard InChI is InChI=1S/C29H31BrO5/c1-31-29-25(17-30)27(33-19-23-13-7-3-8-14-23)28(34-20-24-15-9-4-10-16-24)26(35-29)21-32-18-22-11-5-2-6-12-22/h2-17,26-29H,18-21H2,1H3/b25-17-/t26-,27-,28-,29-/m1/s1. The summed E-state index contributed by atoms with van der Waals surface area (Å²) in [5.74, 6) is 0. The van der Waals surface area contributed by atoms with Crippen molar-refractivity contribution >= 4 is 15.9 Å². The molecule has 0 saturated carbocycles. The molecule has 0 bridgehead atoms. The monoisotopic (exact) mass is 538 g/mol. The van der Waals surface area contributed by atoms with Gasteiger partial charge in [0, 0.05) is 12.7 Å². The number of hydrogen-bond donors (Lipinski definition) is 0. The van der Waals surface area contributed by atoms with E-state index in [0.717, 1.165) is 22.3 Å². The van der Waals surface area contributed by atoms with Gasteiger partial charge in [0.25, 0.3) is 0 Å². The number of benzene rings is 3. The van der Waals surface area contributed by atoms with E-state index < -0.39 is 12.4 Å². The molecule has 0 radical (unpaired) electrons. The molecule has 0 aromatic heterocycles. The minimum Gasteiger partial charge on any atom is -0.374 e. The van der Waals surface area contributed by atoms with Crippen molar-refractivity contribution in [3.05, 3.63) is 118 Å². The summed E-state index contributed by atoms with van der Waals surface area (Å²) >= 11 is 3.50. The van der Waals surface area contributed by atoms with Gasteiger partial charge in [0.05, 0.1) is 26.4 Å². The smallest absolute Gasteiger partial charge is 0.183 e. The fourth-order valence-corrected chi connectivity index (χ4v) is 4.53. The molecule has 4 rings (SSSR count). The zero-order chi connectivity index (χ0) is 24.3. The van der Waals surface area contributed by atoms with E-state index in [2.05, 4.69) is 15.9 Å². The maximum atomic E-state index is 6.46. The molecule has 1 aliphatic rings. The van der Waals surface area contributed by atoms with Crippen LogP contribution in [0.15, 0.2) is 102 Å². The summed E-state index contributed by atoms with van der Waals surface area (Å²) in [5.41, 5.74) is 4.10. The quantitative estimate of drug-likeness (QED) is 0.298. The van der Waals surface area contributed by atoms with E-state index in [0.29, 0.717) is 26.4 Å². The molecule has 1 saturated heterocycles. The van der Waals surface area contributed by atoms with Crippen molar-refractivity contribution in [3.63, 3.8) is 0 Å². The van der Waals surface area contributed by atoms with Crippen LogP contribution in [0.3, 0.4) is 0 Å². The minimum absolute atomic E-state index is 0.342. The molecular formula is C29H31BrO5. The molecule has 5 nitrogen and oxygen atoms in total. The third kappa shape index (κ3) is 7.34. The second-order valence-electron chi connectivity index (χ2n) is 8.33. The summed E-state index contributed by atoms with van der Waals surface area (Å²) in [7, 11) is 1.63. The molecule has 1 fully saturated rings. The predicted octanol–water partition coefficient (Wildman–Crippen LogP) is 6.02. The summed E-state index contributed by atoms with van der Waals surface area (Å²) in [6.07, 6.45) is -1.74. The molecule has 6 heteroatoms. The van der Waals surface area contributed by atoms with E-state index in [1.165, 1.54) is 0 Å². The number of hydrogen-bond acceptors (Lipinski definition) is 5. The largest absolute Gasteiger partial charge is 0.374 e. The Bertz CT molecular complexity index is 1030. The lowest BCUT2D eigenvalue weighted by Crippen LogP contribution is -2.54. The first-order valence-electron chi connectivity index (χ1n) is 11.7. The van der Waals surface area contributed by atoms with Gasteiger partial charge >= 0.3 is 0 Å². The second-order valence-corrected chi connectivity index (χ2v) is 8.79. The van der Waals surface area contributed by atoms with Crippen LogP contribution in [0.1, 0.15) is 16.7 Å². The Balaban J connectivity index is 1.53. The molecular weight excluding hydrogens is 508 g/mol. The highest BCUT2D eigenvalue weighted by molar-refractivity contribution is 9.11. The third-order valence-corrected chi connectivity index (χ3v) is 6.38. The van der Waals surface area contributed by atoms with Gasteiger partial charge in [-0.25, -0.2) is 0 Å². The van der Waals surface area contributed by atoms with Crippen LogP contribution < -0.4 is 0 Å². The van der Waals surface area contributed by atoms with E-state index in [1.807, 2.05) is 96.0 Å². The molecule has 0 amide bonds. The number of ether oxygens (including phenoxy) is 5. The Labute approximate surface area is 215 Å². The molecule has 4 atom stereocenters. The summed E-state index contributed by atoms with van der Waals surface area (Å²) in [6, 6.07) is 30.3. The Morgan fingerprint density at radius 3 is 1.77 bits per heavy atom. The normalized spacial score (nSPS) is 23.4. The third-order valence-electron chi connectivity index (χ3n) is 5.86. The summed E-state index contributed by atoms with van der Waals surface area (Å²) < 4.78 is 31.0. The maximum absolute atomic E-state index is 6.46. The molecule has 0 unspecified atom stereocenters. The topological polar surface area (TPSA) is 46.2 Å². The van der Waals surface area contributed by atoms with E-state index in [-0.39, 0.29) is 12.2 Å². The van der Waals surface area contributed by atoms with E-state index in [4.69, 9.17) is 23.7 Å². The molecule has 3 aromatic carbocycles. The maximum Gasteiger partial charge on any atom is 0.183 e. The lowest BCUT2D eigenvalue weighted by Gasteiger charge is -2.42. The number of halogens is 1. The highest BCUT2D eigenvalue weighted by Gasteiger charge is 2.44. The highest BCUT2D eigenvalue weighted by atomic mass is 79.9. The van der Waals surface area contributed by atoms with Crippen molar-refractivity contribution in [1.29, 1.82) is 0 Å². The van der Waals surface area contributed by atoms with Crippen molar-refractivity contribution in [2.45, 2.75) is 44.4 Å². The minimum atomic E-state index is -0.572. The van der Waals surface area contributed by atoms with Gasteiger partial charge in [-0.1, -0.05) is 107 Å². The van der Waals surface area contributed by atoms with Crippen LogP contribution in [0.2, 0.25) is 0 Å². The zero-order valence-corrected chi connectivity index (χ0v) is 21.4. The van der Waals surface area contributed by atoms with Crippen molar-refractivity contribution in [3.8, 4) is 0 Å². The lowest BCUT2D eigenvalue weighted by molar-refractivity contribution is -0.243. The average Bonchev–Trinajstić information content (AvgIpc) is 2.92. The van der Waals surface area contributed by atoms with Gasteiger partial charge in [-0.3, -0.25) is 0 Å². The van der Waals surface area contributed by atoms with Crippen LogP contribution in [0.4, 0.5) is 0 Å². The SMILES string of the molecule is CO[C@@H]1O[C@H](COCc2ccccc2)[C@@H](OCc2ccccc2)[C@H](OCc2ccccc2)/C1=C/Br. The first kappa shape index (κ1) is 25.8. The van der Waals surface area contributed by atoms with Crippen LogP contribution in [0, 0.1) is 0 Å². The first-order valence-corrected chi connectivity index (χ1v) is 12.6. The van der Waals surface area contributed by atoms with Crippen LogP contribution in [-0.4, -0.2) is 38.3 Å². The van der Waals surface area contributed by atoms with Gasteiger partial charge in [-0.05, 0) is 21.7 Å². The fourth-order valence-electron chi connectivity index (χ4n) is 4.05. The van der Waals surface area contributed by atoms with Gasteiger partial charge in [-0.2, -0.15) is 0 Å². The van der Waals surface area contributed by atoms with Gasteiger partial charge in [0.1, 0.15) is 18.3 Å². The van der Waals surface area contributed by atoms with Crippen molar-refractivity contribution in [2.75, 3.05) is 13.7 Å². The number of rotatable bonds is 11. The predicted molar refractivity (Wildman–Crippen MR) is 139 cm³/mol. The van der Waals surface area contributed by atoms with Gasteiger partial charge in [-0.15, -0.1) is 0 Å². The van der Waals surface area contributed by atoms with E-state index in [1.54, 1.807) is 7.11 Å². The fraction of sp³-hybridized carbons (Fsp3) is 0.310. The molecule has 3 aromatic rings. The highest BCUT2D eigenvalue weighted by Crippen LogP contribution is 2.33. The van der Waals surface area contributed by atoms with Crippen molar-refractivity contribution in [2.24, 2.45) is 0 Å². The Kier molecular flexibility index (Phi) is 10.1. The molecule has 35 heavy (non-hydrogen) atoms. The summed E-state index contributed by atoms with van der Waals surface area (Å²) in [5, 5.41) is 0. The molecule has 0 N–H and O–H groups in total. The van der Waals surface area contributed by atoms with Crippen molar-refractivity contribution < 1.29 is 23.7 Å². The molecule has 1 heterocycles. The lowest BCUT2D eigenvalue weighted by atomic mass is 9.97. The van der Waals surface area contributed by atoms with Crippen LogP contribution in [-0.2, 0) is 43.5 Å². The Hall–Kier alpha value is -2.32. The van der Waals surface area contributed by atoms with Crippen LogP contribution >= 0.6 is 15.9 Å². The molecule has 0 spiro atoms. The average molecular weight is 539 g/mol. The van der Waals surface area contributed by atoms with E-state index in [9.17, 15) is 0 Å². The van der Waals surface area contributed by atoms with Crippen LogP contribution in [0.25, 0.3) is 0 Å². The Morgan fingerprint density at radius 2 is 1.26 bits per heavy atom. The molecule has 184 valence electrons. The van der Waals surface area contributed by atoms with Gasteiger partial charge in [0.2, 0.25) is 0 Å². The van der Waals surface area contributed by atoms with E-state index >= 15 is 0 Å². The molecule has 0 aliphatic carbocycles. The van der Waals surface area contributed by atoms with Crippen molar-refractivity contribution in [1.82, 2.24) is 0 Å². The van der Waals surface area contributed by atoms with Gasteiger partial charge < -0.3 is 23.7 Å². The first-order chi connectivity index (χ1) is 17.3. The zero-order valence-electron chi connectivity index (χ0n) is 19.8. The van der Waals surface area contributed by atoms with Gasteiger partial charge in [0.15, 0.2) is 6.29 Å². The summed E-state index contributed by atoms with van der Waals surface area (Å²) in [6.45, 7) is 1.70.